The molecule has 2 rings (SSSR count). The van der Waals surface area contributed by atoms with Gasteiger partial charge in [0.25, 0.3) is 0 Å². The lowest BCUT2D eigenvalue weighted by Gasteiger charge is -2.25. The molecule has 23 heavy (non-hydrogen) atoms. The summed E-state index contributed by atoms with van der Waals surface area (Å²) in [7, 11) is 0. The third-order valence-electron chi connectivity index (χ3n) is 3.79. The van der Waals surface area contributed by atoms with Gasteiger partial charge in [0.1, 0.15) is 0 Å². The smallest absolute Gasteiger partial charge is 0.416 e. The van der Waals surface area contributed by atoms with Crippen LogP contribution < -0.4 is 5.32 Å². The molecule has 2 N–H and O–H groups in total. The Hall–Kier alpha value is -2.11. The first-order chi connectivity index (χ1) is 10.8. The molecule has 0 saturated heterocycles. The topological polar surface area (TPSA) is 49.3 Å². The van der Waals surface area contributed by atoms with Crippen LogP contribution in [0.3, 0.4) is 0 Å². The minimum atomic E-state index is -4.53. The highest BCUT2D eigenvalue weighted by molar-refractivity contribution is 7.78. The van der Waals surface area contributed by atoms with Gasteiger partial charge in [-0.3, -0.25) is 0 Å². The Labute approximate surface area is 136 Å². The van der Waals surface area contributed by atoms with Gasteiger partial charge in [-0.15, -0.1) is 0 Å². The summed E-state index contributed by atoms with van der Waals surface area (Å²) < 4.78 is 40.2. The first-order valence-electron chi connectivity index (χ1n) is 6.97. The van der Waals surface area contributed by atoms with Crippen molar-refractivity contribution >= 4 is 34.5 Å². The van der Waals surface area contributed by atoms with Crippen molar-refractivity contribution in [3.05, 3.63) is 40.1 Å². The Bertz CT molecular complexity index is 760. The number of thiocarbonyl (C=S) groups is 1. The van der Waals surface area contributed by atoms with E-state index in [0.717, 1.165) is 6.07 Å². The number of carbonyl (C=O) groups is 1. The number of halogens is 3. The number of nitrogens with one attached hydrogen (secondary N) is 1. The first-order valence-corrected chi connectivity index (χ1v) is 7.38. The molecule has 0 amide bonds. The predicted octanol–water partition coefficient (Wildman–Crippen LogP) is 4.21. The molecule has 0 fully saturated rings. The van der Waals surface area contributed by atoms with Gasteiger partial charge in [-0.2, -0.15) is 13.2 Å². The number of fused-ring (bicyclic) bond motifs is 1. The number of rotatable bonds is 3. The molecule has 0 aliphatic carbocycles. The molecule has 0 saturated carbocycles. The summed E-state index contributed by atoms with van der Waals surface area (Å²) in [6.07, 6.45) is -2.69. The molecule has 1 aromatic rings. The fourth-order valence-electron chi connectivity index (χ4n) is 2.83. The molecule has 3 nitrogen and oxygen atoms in total. The number of hydrogen-bond donors (Lipinski definition) is 2. The van der Waals surface area contributed by atoms with Gasteiger partial charge in [-0.05, 0) is 47.3 Å². The molecule has 0 unspecified atom stereocenters. The molecule has 1 aliphatic rings. The number of carboxylic acids is 1. The zero-order valence-electron chi connectivity index (χ0n) is 12.5. The molecule has 7 heteroatoms. The summed E-state index contributed by atoms with van der Waals surface area (Å²) >= 11 is 4.72. The maximum Gasteiger partial charge on any atom is 0.416 e. The maximum atomic E-state index is 13.4. The number of hydrogen-bond acceptors (Lipinski definition) is 3. The highest BCUT2D eigenvalue weighted by atomic mass is 32.1. The third kappa shape index (κ3) is 2.90. The van der Waals surface area contributed by atoms with Crippen LogP contribution in [0.4, 0.5) is 18.9 Å². The van der Waals surface area contributed by atoms with Crippen molar-refractivity contribution in [1.82, 2.24) is 0 Å². The van der Waals surface area contributed by atoms with Crippen LogP contribution in [-0.4, -0.2) is 16.1 Å². The van der Waals surface area contributed by atoms with Gasteiger partial charge in [0.05, 0.1) is 22.4 Å². The van der Waals surface area contributed by atoms with Crippen molar-refractivity contribution < 1.29 is 23.1 Å². The monoisotopic (exact) mass is 341 g/mol. The van der Waals surface area contributed by atoms with Gasteiger partial charge < -0.3 is 10.4 Å². The Balaban J connectivity index is 2.86. The molecule has 122 valence electrons. The Kier molecular flexibility index (Phi) is 4.63. The molecule has 0 atom stereocenters. The minimum Gasteiger partial charge on any atom is -0.478 e. The third-order valence-corrected chi connectivity index (χ3v) is 4.00. The van der Waals surface area contributed by atoms with Crippen LogP contribution in [0.5, 0.6) is 0 Å². The molecule has 1 aliphatic heterocycles. The van der Waals surface area contributed by atoms with Gasteiger partial charge >= 0.3 is 12.1 Å². The van der Waals surface area contributed by atoms with E-state index in [1.54, 1.807) is 13.8 Å². The van der Waals surface area contributed by atoms with E-state index >= 15 is 0 Å². The number of anilines is 1. The van der Waals surface area contributed by atoms with E-state index in [-0.39, 0.29) is 28.7 Å². The SMILES string of the molecule is CCc1c(C(F)(F)F)cc2c(c1CC)NC=C(C(=O)O)C2=C=S. The van der Waals surface area contributed by atoms with Crippen molar-refractivity contribution in [2.45, 2.75) is 32.9 Å². The lowest BCUT2D eigenvalue weighted by atomic mass is 9.86. The van der Waals surface area contributed by atoms with E-state index in [0.29, 0.717) is 17.7 Å². The number of alkyl halides is 3. The highest BCUT2D eigenvalue weighted by Crippen LogP contribution is 2.43. The zero-order valence-corrected chi connectivity index (χ0v) is 13.3. The second kappa shape index (κ2) is 6.18. The van der Waals surface area contributed by atoms with E-state index < -0.39 is 17.7 Å². The van der Waals surface area contributed by atoms with Gasteiger partial charge in [0.2, 0.25) is 0 Å². The second-order valence-corrected chi connectivity index (χ2v) is 5.20. The number of aliphatic carboxylic acids is 1. The zero-order chi connectivity index (χ0) is 17.4. The Morgan fingerprint density at radius 1 is 1.30 bits per heavy atom. The van der Waals surface area contributed by atoms with E-state index in [9.17, 15) is 23.1 Å². The standard InChI is InChI=1S/C16H14F3NO2S/c1-3-8-9(4-2)14-10(5-13(8)16(17,18)19)12(7-23)11(6-20-14)15(21)22/h5-6,20H,3-4H2,1-2H3,(H,21,22). The van der Waals surface area contributed by atoms with Crippen molar-refractivity contribution in [3.8, 4) is 0 Å². The molecule has 0 aromatic heterocycles. The minimum absolute atomic E-state index is 0.0101. The fourth-order valence-corrected chi connectivity index (χ4v) is 3.05. The average molecular weight is 341 g/mol. The normalized spacial score (nSPS) is 13.8. The predicted molar refractivity (Wildman–Crippen MR) is 85.5 cm³/mol. The maximum absolute atomic E-state index is 13.4. The van der Waals surface area contributed by atoms with Crippen LogP contribution >= 0.6 is 12.2 Å². The van der Waals surface area contributed by atoms with Crippen LogP contribution in [0, 0.1) is 0 Å². The number of carboxylic acid groups (broad SMARTS) is 1. The molecule has 0 radical (unpaired) electrons. The summed E-state index contributed by atoms with van der Waals surface area (Å²) in [6, 6.07) is 0.963. The van der Waals surface area contributed by atoms with Crippen LogP contribution in [0.2, 0.25) is 0 Å². The largest absolute Gasteiger partial charge is 0.478 e. The van der Waals surface area contributed by atoms with Crippen molar-refractivity contribution in [1.29, 1.82) is 0 Å². The molecule has 1 aromatic carbocycles. The molecule has 0 spiro atoms. The lowest BCUT2D eigenvalue weighted by molar-refractivity contribution is -0.138. The van der Waals surface area contributed by atoms with Crippen LogP contribution in [-0.2, 0) is 23.8 Å². The average Bonchev–Trinajstić information content (AvgIpc) is 2.50. The van der Waals surface area contributed by atoms with Crippen LogP contribution in [0.15, 0.2) is 17.8 Å². The van der Waals surface area contributed by atoms with Crippen LogP contribution in [0.25, 0.3) is 5.57 Å². The lowest BCUT2D eigenvalue weighted by Crippen LogP contribution is -2.18. The molecule has 1 heterocycles. The molecular weight excluding hydrogens is 327 g/mol. The summed E-state index contributed by atoms with van der Waals surface area (Å²) in [6.45, 7) is 3.42. The van der Waals surface area contributed by atoms with Gasteiger partial charge in [0, 0.05) is 11.8 Å². The van der Waals surface area contributed by atoms with Crippen molar-refractivity contribution in [2.24, 2.45) is 0 Å². The van der Waals surface area contributed by atoms with Crippen LogP contribution in [0.1, 0.15) is 36.1 Å². The first kappa shape index (κ1) is 17.2. The van der Waals surface area contributed by atoms with Crippen molar-refractivity contribution in [2.75, 3.05) is 5.32 Å². The van der Waals surface area contributed by atoms with Gasteiger partial charge in [0.15, 0.2) is 0 Å². The summed E-state index contributed by atoms with van der Waals surface area (Å²) in [5, 5.41) is 14.3. The molecule has 0 bridgehead atoms. The van der Waals surface area contributed by atoms with Gasteiger partial charge in [-0.1, -0.05) is 13.8 Å². The number of benzene rings is 1. The summed E-state index contributed by atoms with van der Waals surface area (Å²) in [4.78, 5) is 11.3. The summed E-state index contributed by atoms with van der Waals surface area (Å²) in [5.74, 6) is -1.28. The van der Waals surface area contributed by atoms with E-state index in [1.165, 1.54) is 6.20 Å². The molecular formula is C16H14F3NO2S. The highest BCUT2D eigenvalue weighted by Gasteiger charge is 2.37. The summed E-state index contributed by atoms with van der Waals surface area (Å²) in [5.41, 5.74) is 0.349. The van der Waals surface area contributed by atoms with Crippen molar-refractivity contribution in [3.63, 3.8) is 0 Å². The fraction of sp³-hybridized carbons (Fsp3) is 0.312. The van der Waals surface area contributed by atoms with E-state index in [1.807, 2.05) is 0 Å². The quantitative estimate of drug-likeness (QED) is 0.809. The second-order valence-electron chi connectivity index (χ2n) is 4.99. The van der Waals surface area contributed by atoms with Gasteiger partial charge in [-0.25, -0.2) is 4.79 Å². The van der Waals surface area contributed by atoms with E-state index in [2.05, 4.69) is 10.3 Å². The Morgan fingerprint density at radius 3 is 2.35 bits per heavy atom. The van der Waals surface area contributed by atoms with E-state index in [4.69, 9.17) is 12.2 Å². The Morgan fingerprint density at radius 2 is 1.91 bits per heavy atom.